The van der Waals surface area contributed by atoms with Gasteiger partial charge in [0.2, 0.25) is 11.8 Å². The number of thioether (sulfide) groups is 1. The van der Waals surface area contributed by atoms with E-state index in [9.17, 15) is 14.9 Å². The molecule has 0 bridgehead atoms. The number of nitro benzene ring substituents is 1. The molecular weight excluding hydrogens is 370 g/mol. The highest BCUT2D eigenvalue weighted by Gasteiger charge is 2.18. The van der Waals surface area contributed by atoms with Gasteiger partial charge in [0.1, 0.15) is 0 Å². The Labute approximate surface area is 158 Å². The zero-order valence-electron chi connectivity index (χ0n) is 14.7. The van der Waals surface area contributed by atoms with Crippen molar-refractivity contribution < 1.29 is 9.34 Å². The lowest BCUT2D eigenvalue weighted by Crippen LogP contribution is -2.10. The van der Waals surface area contributed by atoms with Gasteiger partial charge in [0.25, 0.3) is 11.2 Å². The fourth-order valence-electron chi connectivity index (χ4n) is 2.38. The van der Waals surface area contributed by atoms with E-state index in [4.69, 9.17) is 4.42 Å². The van der Waals surface area contributed by atoms with E-state index < -0.39 is 4.92 Å². The van der Waals surface area contributed by atoms with Crippen molar-refractivity contribution in [3.8, 4) is 11.5 Å². The maximum atomic E-state index is 11.8. The van der Waals surface area contributed by atoms with E-state index in [1.807, 2.05) is 13.8 Å². The maximum Gasteiger partial charge on any atom is 0.269 e. The van der Waals surface area contributed by atoms with Crippen LogP contribution >= 0.6 is 11.8 Å². The Morgan fingerprint density at radius 3 is 2.70 bits per heavy atom. The van der Waals surface area contributed by atoms with Gasteiger partial charge in [-0.2, -0.15) is 0 Å². The number of nitro groups is 1. The lowest BCUT2D eigenvalue weighted by Gasteiger charge is -2.07. The highest BCUT2D eigenvalue weighted by Crippen LogP contribution is 2.33. The van der Waals surface area contributed by atoms with Crippen LogP contribution < -0.4 is 5.56 Å². The molecule has 2 heterocycles. The third kappa shape index (κ3) is 4.59. The Kier molecular flexibility index (Phi) is 5.65. The average Bonchev–Trinajstić information content (AvgIpc) is 3.12. The summed E-state index contributed by atoms with van der Waals surface area (Å²) >= 11 is 1.31. The number of nitrogens with one attached hydrogen (secondary N) is 1. The topological polar surface area (TPSA) is 128 Å². The number of aromatic nitrogens is 4. The Bertz CT molecular complexity index is 999. The van der Waals surface area contributed by atoms with Crippen LogP contribution in [-0.4, -0.2) is 25.1 Å². The fraction of sp³-hybridized carbons (Fsp3) is 0.294. The average molecular weight is 387 g/mol. The molecule has 1 atom stereocenters. The number of aryl methyl sites for hydroxylation is 1. The maximum absolute atomic E-state index is 11.8. The van der Waals surface area contributed by atoms with Gasteiger partial charge in [0.15, 0.2) is 5.16 Å². The summed E-state index contributed by atoms with van der Waals surface area (Å²) in [5, 5.41) is 19.0. The van der Waals surface area contributed by atoms with Gasteiger partial charge in [-0.3, -0.25) is 14.9 Å². The van der Waals surface area contributed by atoms with Gasteiger partial charge in [-0.1, -0.05) is 25.1 Å². The first kappa shape index (κ1) is 18.8. The van der Waals surface area contributed by atoms with Crippen molar-refractivity contribution in [2.75, 3.05) is 0 Å². The molecule has 0 amide bonds. The van der Waals surface area contributed by atoms with E-state index in [-0.39, 0.29) is 22.4 Å². The number of nitrogens with zero attached hydrogens (tertiary/aromatic N) is 4. The van der Waals surface area contributed by atoms with Gasteiger partial charge in [0, 0.05) is 29.5 Å². The zero-order chi connectivity index (χ0) is 19.4. The van der Waals surface area contributed by atoms with Crippen LogP contribution in [0.2, 0.25) is 0 Å². The molecule has 0 unspecified atom stereocenters. The number of aromatic amines is 1. The van der Waals surface area contributed by atoms with Crippen LogP contribution in [-0.2, 0) is 6.42 Å². The van der Waals surface area contributed by atoms with Gasteiger partial charge in [-0.05, 0) is 25.5 Å². The molecule has 0 radical (unpaired) electrons. The molecule has 0 fully saturated rings. The molecule has 1 N–H and O–H groups in total. The summed E-state index contributed by atoms with van der Waals surface area (Å²) in [5.41, 5.74) is 1.13. The Morgan fingerprint density at radius 2 is 2.04 bits per heavy atom. The molecule has 140 valence electrons. The minimum absolute atomic E-state index is 0.00981. The monoisotopic (exact) mass is 387 g/mol. The Balaban J connectivity index is 1.76. The molecule has 3 aromatic rings. The molecule has 27 heavy (non-hydrogen) atoms. The van der Waals surface area contributed by atoms with Crippen molar-refractivity contribution in [1.29, 1.82) is 0 Å². The molecule has 9 nitrogen and oxygen atoms in total. The largest absolute Gasteiger partial charge is 0.419 e. The highest BCUT2D eigenvalue weighted by atomic mass is 32.2. The van der Waals surface area contributed by atoms with E-state index in [0.29, 0.717) is 16.6 Å². The summed E-state index contributed by atoms with van der Waals surface area (Å²) in [5.74, 6) is 0.644. The number of H-pyrrole nitrogens is 1. The molecular formula is C17H17N5O4S. The van der Waals surface area contributed by atoms with E-state index in [1.165, 1.54) is 30.0 Å². The summed E-state index contributed by atoms with van der Waals surface area (Å²) in [6, 6.07) is 7.37. The second-order valence-electron chi connectivity index (χ2n) is 5.80. The van der Waals surface area contributed by atoms with Crippen molar-refractivity contribution in [3.63, 3.8) is 0 Å². The SMILES string of the molecule is CCCc1cc(=O)[nH]c(S[C@@H](C)c2nnc(-c3ccc([N+](=O)[O-])cc3)o2)n1. The predicted molar refractivity (Wildman–Crippen MR) is 99.5 cm³/mol. The summed E-state index contributed by atoms with van der Waals surface area (Å²) < 4.78 is 5.68. The standard InChI is InChI=1S/C17H17N5O4S/c1-3-4-12-9-14(23)19-17(18-12)27-10(2)15-20-21-16(26-15)11-5-7-13(8-6-11)22(24)25/h5-10H,3-4H2,1-2H3,(H,18,19,23)/t10-/m0/s1. The van der Waals surface area contributed by atoms with Crippen LogP contribution in [0.1, 0.15) is 37.1 Å². The quantitative estimate of drug-likeness (QED) is 0.282. The van der Waals surface area contributed by atoms with Crippen LogP contribution in [0, 0.1) is 10.1 Å². The third-order valence-electron chi connectivity index (χ3n) is 3.68. The highest BCUT2D eigenvalue weighted by molar-refractivity contribution is 7.99. The number of hydrogen-bond acceptors (Lipinski definition) is 8. The van der Waals surface area contributed by atoms with E-state index in [0.717, 1.165) is 18.5 Å². The van der Waals surface area contributed by atoms with Gasteiger partial charge >= 0.3 is 0 Å². The van der Waals surface area contributed by atoms with Crippen molar-refractivity contribution >= 4 is 17.4 Å². The van der Waals surface area contributed by atoms with Gasteiger partial charge in [0.05, 0.1) is 10.2 Å². The normalized spacial score (nSPS) is 12.1. The molecule has 3 rings (SSSR count). The van der Waals surface area contributed by atoms with Crippen molar-refractivity contribution in [1.82, 2.24) is 20.2 Å². The number of benzene rings is 1. The lowest BCUT2D eigenvalue weighted by atomic mass is 10.2. The van der Waals surface area contributed by atoms with E-state index >= 15 is 0 Å². The molecule has 0 saturated heterocycles. The smallest absolute Gasteiger partial charge is 0.269 e. The molecule has 0 saturated carbocycles. The summed E-state index contributed by atoms with van der Waals surface area (Å²) in [6.07, 6.45) is 1.63. The van der Waals surface area contributed by atoms with Crippen molar-refractivity contribution in [3.05, 3.63) is 62.4 Å². The number of rotatable bonds is 7. The Hall–Kier alpha value is -3.01. The molecule has 10 heteroatoms. The van der Waals surface area contributed by atoms with E-state index in [2.05, 4.69) is 20.2 Å². The van der Waals surface area contributed by atoms with Crippen molar-refractivity contribution in [2.24, 2.45) is 0 Å². The second kappa shape index (κ2) is 8.12. The first-order chi connectivity index (χ1) is 13.0. The molecule has 0 aliphatic rings. The Morgan fingerprint density at radius 1 is 1.30 bits per heavy atom. The minimum Gasteiger partial charge on any atom is -0.419 e. The number of hydrogen-bond donors (Lipinski definition) is 1. The van der Waals surface area contributed by atoms with Gasteiger partial charge in [-0.25, -0.2) is 4.98 Å². The molecule has 0 spiro atoms. The minimum atomic E-state index is -0.470. The fourth-order valence-corrected chi connectivity index (χ4v) is 3.24. The van der Waals surface area contributed by atoms with Crippen LogP contribution in [0.5, 0.6) is 0 Å². The second-order valence-corrected chi connectivity index (χ2v) is 7.13. The molecule has 0 aliphatic carbocycles. The lowest BCUT2D eigenvalue weighted by molar-refractivity contribution is -0.384. The van der Waals surface area contributed by atoms with Crippen LogP contribution in [0.4, 0.5) is 5.69 Å². The zero-order valence-corrected chi connectivity index (χ0v) is 15.5. The van der Waals surface area contributed by atoms with Crippen LogP contribution in [0.15, 0.2) is 44.7 Å². The summed E-state index contributed by atoms with van der Waals surface area (Å²) in [7, 11) is 0. The van der Waals surface area contributed by atoms with Crippen LogP contribution in [0.25, 0.3) is 11.5 Å². The first-order valence-electron chi connectivity index (χ1n) is 8.31. The summed E-state index contributed by atoms with van der Waals surface area (Å²) in [4.78, 5) is 29.2. The summed E-state index contributed by atoms with van der Waals surface area (Å²) in [6.45, 7) is 3.89. The van der Waals surface area contributed by atoms with Crippen LogP contribution in [0.3, 0.4) is 0 Å². The molecule has 1 aromatic carbocycles. The first-order valence-corrected chi connectivity index (χ1v) is 9.19. The molecule has 0 aliphatic heterocycles. The predicted octanol–water partition coefficient (Wildman–Crippen LogP) is 3.53. The van der Waals surface area contributed by atoms with Crippen molar-refractivity contribution in [2.45, 2.75) is 37.1 Å². The number of non-ortho nitro benzene ring substituents is 1. The van der Waals surface area contributed by atoms with E-state index in [1.54, 1.807) is 12.1 Å². The van der Waals surface area contributed by atoms with Gasteiger partial charge < -0.3 is 9.40 Å². The molecule has 2 aromatic heterocycles. The van der Waals surface area contributed by atoms with Gasteiger partial charge in [-0.15, -0.1) is 10.2 Å². The third-order valence-corrected chi connectivity index (χ3v) is 4.65.